The maximum atomic E-state index is 5.67. The minimum Gasteiger partial charge on any atom is -0.372 e. The molecule has 1 fully saturated rings. The number of ether oxygens (including phenoxy) is 1. The summed E-state index contributed by atoms with van der Waals surface area (Å²) in [5.74, 6) is 6.81. The molecule has 0 amide bonds. The van der Waals surface area contributed by atoms with Gasteiger partial charge in [0.1, 0.15) is 16.6 Å². The van der Waals surface area contributed by atoms with Gasteiger partial charge in [0.25, 0.3) is 0 Å². The molecule has 2 rings (SSSR count). The molecule has 1 aliphatic rings. The summed E-state index contributed by atoms with van der Waals surface area (Å²) in [6.45, 7) is 6.41. The van der Waals surface area contributed by atoms with Crippen LogP contribution >= 0.6 is 15.9 Å². The largest absolute Gasteiger partial charge is 0.372 e. The number of nitrogens with one attached hydrogen (secondary N) is 1. The van der Waals surface area contributed by atoms with Crippen LogP contribution in [0, 0.1) is 0 Å². The number of anilines is 2. The zero-order valence-corrected chi connectivity index (χ0v) is 11.5. The van der Waals surface area contributed by atoms with E-state index in [4.69, 9.17) is 10.6 Å². The monoisotopic (exact) mass is 301 g/mol. The maximum absolute atomic E-state index is 5.67. The van der Waals surface area contributed by atoms with Gasteiger partial charge in [-0.15, -0.1) is 0 Å². The average molecular weight is 302 g/mol. The molecular weight excluding hydrogens is 286 g/mol. The van der Waals surface area contributed by atoms with Crippen LogP contribution in [0.2, 0.25) is 0 Å². The number of morpholine rings is 1. The van der Waals surface area contributed by atoms with E-state index < -0.39 is 0 Å². The molecule has 0 radical (unpaired) electrons. The summed E-state index contributed by atoms with van der Waals surface area (Å²) in [6, 6.07) is 0. The van der Waals surface area contributed by atoms with Gasteiger partial charge in [-0.1, -0.05) is 0 Å². The number of nitrogens with two attached hydrogens (primary N) is 1. The predicted molar refractivity (Wildman–Crippen MR) is 69.8 cm³/mol. The first-order chi connectivity index (χ1) is 8.03. The molecule has 0 aliphatic carbocycles. The van der Waals surface area contributed by atoms with Crippen LogP contribution in [0.1, 0.15) is 13.8 Å². The minimum atomic E-state index is -0.168. The second-order valence-corrected chi connectivity index (χ2v) is 5.33. The standard InChI is InChI=1S/C10H16BrN5O/c1-10(2)5-16(3-4-17-10)9-7(11)8(15-12)13-6-14-9/h6H,3-5,12H2,1-2H3,(H,13,14,15). The predicted octanol–water partition coefficient (Wildman–Crippen LogP) is 1.14. The van der Waals surface area contributed by atoms with E-state index in [2.05, 4.69) is 50.1 Å². The number of rotatable bonds is 2. The van der Waals surface area contributed by atoms with Gasteiger partial charge >= 0.3 is 0 Å². The molecular formula is C10H16BrN5O. The van der Waals surface area contributed by atoms with E-state index in [0.29, 0.717) is 12.4 Å². The normalized spacial score (nSPS) is 19.2. The maximum Gasteiger partial charge on any atom is 0.159 e. The van der Waals surface area contributed by atoms with Crippen molar-refractivity contribution in [1.82, 2.24) is 9.97 Å². The Morgan fingerprint density at radius 1 is 1.53 bits per heavy atom. The molecule has 6 nitrogen and oxygen atoms in total. The van der Waals surface area contributed by atoms with Crippen LogP contribution in [0.3, 0.4) is 0 Å². The summed E-state index contributed by atoms with van der Waals surface area (Å²) < 4.78 is 6.45. The lowest BCUT2D eigenvalue weighted by Crippen LogP contribution is -2.48. The van der Waals surface area contributed by atoms with Crippen molar-refractivity contribution in [2.24, 2.45) is 5.84 Å². The fraction of sp³-hybridized carbons (Fsp3) is 0.600. The van der Waals surface area contributed by atoms with E-state index in [9.17, 15) is 0 Å². The zero-order valence-electron chi connectivity index (χ0n) is 9.90. The molecule has 0 spiro atoms. The molecule has 0 aromatic carbocycles. The Morgan fingerprint density at radius 3 is 2.94 bits per heavy atom. The van der Waals surface area contributed by atoms with Crippen molar-refractivity contribution in [2.45, 2.75) is 19.4 Å². The third-order valence-corrected chi connectivity index (χ3v) is 3.36. The van der Waals surface area contributed by atoms with E-state index in [0.717, 1.165) is 23.4 Å². The Labute approximate surface area is 109 Å². The molecule has 17 heavy (non-hydrogen) atoms. The van der Waals surface area contributed by atoms with Crippen molar-refractivity contribution in [2.75, 3.05) is 30.0 Å². The van der Waals surface area contributed by atoms with Crippen molar-refractivity contribution in [1.29, 1.82) is 0 Å². The van der Waals surface area contributed by atoms with Crippen LogP contribution in [0.15, 0.2) is 10.8 Å². The Balaban J connectivity index is 2.28. The highest BCUT2D eigenvalue weighted by Gasteiger charge is 2.29. The van der Waals surface area contributed by atoms with Crippen LogP contribution in [-0.2, 0) is 4.74 Å². The molecule has 1 aromatic rings. The molecule has 3 N–H and O–H groups in total. The third-order valence-electron chi connectivity index (χ3n) is 2.63. The van der Waals surface area contributed by atoms with Gasteiger partial charge in [0.05, 0.1) is 12.2 Å². The van der Waals surface area contributed by atoms with Crippen molar-refractivity contribution in [3.05, 3.63) is 10.8 Å². The van der Waals surface area contributed by atoms with Gasteiger partial charge in [0.15, 0.2) is 5.82 Å². The van der Waals surface area contributed by atoms with Crippen molar-refractivity contribution in [3.8, 4) is 0 Å². The van der Waals surface area contributed by atoms with Crippen LogP contribution in [0.5, 0.6) is 0 Å². The smallest absolute Gasteiger partial charge is 0.159 e. The number of hydrogen-bond donors (Lipinski definition) is 2. The van der Waals surface area contributed by atoms with Crippen LogP contribution in [-0.4, -0.2) is 35.3 Å². The van der Waals surface area contributed by atoms with Gasteiger partial charge < -0.3 is 15.1 Å². The SMILES string of the molecule is CC1(C)CN(c2ncnc(NN)c2Br)CCO1. The number of halogens is 1. The lowest BCUT2D eigenvalue weighted by atomic mass is 10.1. The molecule has 0 saturated carbocycles. The summed E-state index contributed by atoms with van der Waals surface area (Å²) in [6.07, 6.45) is 1.50. The lowest BCUT2D eigenvalue weighted by Gasteiger charge is -2.39. The van der Waals surface area contributed by atoms with Gasteiger partial charge in [-0.05, 0) is 29.8 Å². The van der Waals surface area contributed by atoms with Gasteiger partial charge in [-0.2, -0.15) is 0 Å². The summed E-state index contributed by atoms with van der Waals surface area (Å²) in [5, 5.41) is 0. The van der Waals surface area contributed by atoms with Crippen molar-refractivity contribution >= 4 is 27.6 Å². The fourth-order valence-electron chi connectivity index (χ4n) is 1.88. The van der Waals surface area contributed by atoms with Crippen LogP contribution < -0.4 is 16.2 Å². The topological polar surface area (TPSA) is 76.3 Å². The Kier molecular flexibility index (Phi) is 3.50. The van der Waals surface area contributed by atoms with Crippen molar-refractivity contribution < 1.29 is 4.74 Å². The van der Waals surface area contributed by atoms with E-state index >= 15 is 0 Å². The lowest BCUT2D eigenvalue weighted by molar-refractivity contribution is -0.0279. The molecule has 1 aliphatic heterocycles. The highest BCUT2D eigenvalue weighted by Crippen LogP contribution is 2.31. The van der Waals surface area contributed by atoms with E-state index in [1.54, 1.807) is 0 Å². The highest BCUT2D eigenvalue weighted by molar-refractivity contribution is 9.10. The molecule has 94 valence electrons. The molecule has 0 unspecified atom stereocenters. The Hall–Kier alpha value is -0.920. The van der Waals surface area contributed by atoms with E-state index in [-0.39, 0.29) is 5.60 Å². The second kappa shape index (κ2) is 4.75. The number of hydrazine groups is 1. The van der Waals surface area contributed by atoms with Crippen molar-refractivity contribution in [3.63, 3.8) is 0 Å². The molecule has 2 heterocycles. The first-order valence-corrected chi connectivity index (χ1v) is 6.19. The fourth-order valence-corrected chi connectivity index (χ4v) is 2.45. The molecule has 1 aromatic heterocycles. The van der Waals surface area contributed by atoms with Crippen LogP contribution in [0.25, 0.3) is 0 Å². The Bertz CT molecular complexity index is 412. The zero-order chi connectivity index (χ0) is 12.5. The molecule has 0 bridgehead atoms. The average Bonchev–Trinajstić information content (AvgIpc) is 2.28. The first kappa shape index (κ1) is 12.5. The van der Waals surface area contributed by atoms with Gasteiger partial charge in [0, 0.05) is 13.1 Å². The summed E-state index contributed by atoms with van der Waals surface area (Å²) in [5.41, 5.74) is 2.37. The third kappa shape index (κ3) is 2.67. The quantitative estimate of drug-likeness (QED) is 0.630. The number of aromatic nitrogens is 2. The highest BCUT2D eigenvalue weighted by atomic mass is 79.9. The molecule has 1 saturated heterocycles. The van der Waals surface area contributed by atoms with E-state index in [1.165, 1.54) is 6.33 Å². The summed E-state index contributed by atoms with van der Waals surface area (Å²) in [4.78, 5) is 10.5. The minimum absolute atomic E-state index is 0.168. The van der Waals surface area contributed by atoms with Gasteiger partial charge in [-0.25, -0.2) is 15.8 Å². The molecule has 7 heteroatoms. The summed E-state index contributed by atoms with van der Waals surface area (Å²) in [7, 11) is 0. The second-order valence-electron chi connectivity index (χ2n) is 4.53. The van der Waals surface area contributed by atoms with Gasteiger partial charge in [-0.3, -0.25) is 0 Å². The molecule has 0 atom stereocenters. The Morgan fingerprint density at radius 2 is 2.29 bits per heavy atom. The first-order valence-electron chi connectivity index (χ1n) is 5.39. The number of nitrogens with zero attached hydrogens (tertiary/aromatic N) is 3. The number of nitrogen functional groups attached to an aromatic ring is 1. The van der Waals surface area contributed by atoms with E-state index in [1.807, 2.05) is 0 Å². The van der Waals surface area contributed by atoms with Crippen LogP contribution in [0.4, 0.5) is 11.6 Å². The van der Waals surface area contributed by atoms with Gasteiger partial charge in [0.2, 0.25) is 0 Å². The number of hydrogen-bond acceptors (Lipinski definition) is 6. The summed E-state index contributed by atoms with van der Waals surface area (Å²) >= 11 is 3.46.